The minimum absolute atomic E-state index is 0.0667. The van der Waals surface area contributed by atoms with Crippen molar-refractivity contribution in [1.82, 2.24) is 0 Å². The average Bonchev–Trinajstić information content (AvgIpc) is 3.24. The molecule has 1 atom stereocenters. The smallest absolute Gasteiger partial charge is 0.306 e. The summed E-state index contributed by atoms with van der Waals surface area (Å²) in [6.45, 7) is 6.62. The molecule has 6 heteroatoms. The molecule has 1 unspecified atom stereocenters. The molecule has 0 aliphatic heterocycles. The lowest BCUT2D eigenvalue weighted by molar-refractivity contribution is -0.167. The molecule has 0 N–H and O–H groups in total. The number of carbonyl (C=O) groups is 3. The van der Waals surface area contributed by atoms with Gasteiger partial charge >= 0.3 is 17.9 Å². The van der Waals surface area contributed by atoms with Crippen LogP contribution in [0.2, 0.25) is 0 Å². The second-order valence-electron chi connectivity index (χ2n) is 18.2. The van der Waals surface area contributed by atoms with Gasteiger partial charge in [0, 0.05) is 19.3 Å². The van der Waals surface area contributed by atoms with Crippen molar-refractivity contribution in [3.63, 3.8) is 0 Å². The van der Waals surface area contributed by atoms with Crippen molar-refractivity contribution in [1.29, 1.82) is 0 Å². The predicted octanol–water partition coefficient (Wildman–Crippen LogP) is 17.4. The predicted molar refractivity (Wildman–Crippen MR) is 256 cm³/mol. The Morgan fingerprint density at radius 2 is 0.550 bits per heavy atom. The molecule has 0 bridgehead atoms. The molecular formula is C54H102O6. The zero-order valence-electron chi connectivity index (χ0n) is 40.5. The average molecular weight is 847 g/mol. The van der Waals surface area contributed by atoms with E-state index in [0.29, 0.717) is 19.3 Å². The molecule has 0 aromatic heterocycles. The topological polar surface area (TPSA) is 78.9 Å². The van der Waals surface area contributed by atoms with Crippen LogP contribution in [-0.2, 0) is 28.6 Å². The Balaban J connectivity index is 4.12. The first-order chi connectivity index (χ1) is 29.5. The molecular weight excluding hydrogens is 745 g/mol. The molecule has 0 aliphatic rings. The Bertz CT molecular complexity index is 931. The van der Waals surface area contributed by atoms with Crippen molar-refractivity contribution < 1.29 is 28.6 Å². The minimum Gasteiger partial charge on any atom is -0.462 e. The molecule has 0 aliphatic carbocycles. The third-order valence-corrected chi connectivity index (χ3v) is 12.0. The number of esters is 3. The van der Waals surface area contributed by atoms with E-state index in [1.54, 1.807) is 0 Å². The molecule has 0 fully saturated rings. The molecule has 0 spiro atoms. The number of unbranched alkanes of at least 4 members (excludes halogenated alkanes) is 36. The monoisotopic (exact) mass is 847 g/mol. The molecule has 0 amide bonds. The van der Waals surface area contributed by atoms with Gasteiger partial charge in [-0.2, -0.15) is 0 Å². The van der Waals surface area contributed by atoms with Gasteiger partial charge in [0.1, 0.15) is 13.2 Å². The van der Waals surface area contributed by atoms with Crippen LogP contribution < -0.4 is 0 Å². The number of ether oxygens (including phenoxy) is 3. The van der Waals surface area contributed by atoms with Gasteiger partial charge in [0.05, 0.1) is 0 Å². The SMILES string of the molecule is CCCCCCCCCC/C=C\CCCCCCCCCCCC(=O)OCC(COC(=O)CCCCCCCC)OC(=O)CCCCCCCCCCCCCCCCC. The van der Waals surface area contributed by atoms with Crippen LogP contribution >= 0.6 is 0 Å². The molecule has 354 valence electrons. The molecule has 6 nitrogen and oxygen atoms in total. The first-order valence-corrected chi connectivity index (χ1v) is 26.7. The van der Waals surface area contributed by atoms with Gasteiger partial charge in [0.2, 0.25) is 0 Å². The van der Waals surface area contributed by atoms with Gasteiger partial charge < -0.3 is 14.2 Å². The summed E-state index contributed by atoms with van der Waals surface area (Å²) in [5, 5.41) is 0. The van der Waals surface area contributed by atoms with Gasteiger partial charge in [-0.1, -0.05) is 245 Å². The molecule has 0 saturated carbocycles. The summed E-state index contributed by atoms with van der Waals surface area (Å²) in [7, 11) is 0. The van der Waals surface area contributed by atoms with E-state index in [1.165, 1.54) is 199 Å². The maximum Gasteiger partial charge on any atom is 0.306 e. The number of hydrogen-bond donors (Lipinski definition) is 0. The van der Waals surface area contributed by atoms with Crippen LogP contribution in [0.1, 0.15) is 297 Å². The first-order valence-electron chi connectivity index (χ1n) is 26.7. The number of rotatable bonds is 49. The highest BCUT2D eigenvalue weighted by Crippen LogP contribution is 2.16. The van der Waals surface area contributed by atoms with Crippen LogP contribution in [0.4, 0.5) is 0 Å². The van der Waals surface area contributed by atoms with Crippen molar-refractivity contribution in [3.05, 3.63) is 12.2 Å². The van der Waals surface area contributed by atoms with Crippen LogP contribution in [-0.4, -0.2) is 37.2 Å². The highest BCUT2D eigenvalue weighted by Gasteiger charge is 2.19. The molecule has 0 heterocycles. The first kappa shape index (κ1) is 58.1. The van der Waals surface area contributed by atoms with E-state index in [0.717, 1.165) is 57.8 Å². The molecule has 0 aromatic rings. The summed E-state index contributed by atoms with van der Waals surface area (Å²) in [5.74, 6) is -0.861. The van der Waals surface area contributed by atoms with Crippen LogP contribution in [0.3, 0.4) is 0 Å². The number of allylic oxidation sites excluding steroid dienone is 2. The van der Waals surface area contributed by atoms with E-state index in [9.17, 15) is 14.4 Å². The molecule has 0 rings (SSSR count). The normalized spacial score (nSPS) is 12.0. The summed E-state index contributed by atoms with van der Waals surface area (Å²) in [5.41, 5.74) is 0. The number of hydrogen-bond acceptors (Lipinski definition) is 6. The van der Waals surface area contributed by atoms with E-state index < -0.39 is 6.10 Å². The second kappa shape index (κ2) is 49.8. The van der Waals surface area contributed by atoms with Crippen LogP contribution in [0.5, 0.6) is 0 Å². The van der Waals surface area contributed by atoms with E-state index in [1.807, 2.05) is 0 Å². The summed E-state index contributed by atoms with van der Waals surface area (Å²) in [6.07, 6.45) is 55.1. The highest BCUT2D eigenvalue weighted by molar-refractivity contribution is 5.71. The lowest BCUT2D eigenvalue weighted by Crippen LogP contribution is -2.30. The zero-order chi connectivity index (χ0) is 43.7. The van der Waals surface area contributed by atoms with Crippen molar-refractivity contribution in [3.8, 4) is 0 Å². The van der Waals surface area contributed by atoms with Crippen molar-refractivity contribution in [2.45, 2.75) is 303 Å². The standard InChI is InChI=1S/C54H102O6/c1-4-7-10-13-16-18-20-22-24-25-26-27-28-29-31-32-34-36-38-41-44-47-53(56)59-50-51(49-58-52(55)46-43-40-15-12-9-6-3)60-54(57)48-45-42-39-37-35-33-30-23-21-19-17-14-11-8-5-2/h25-26,51H,4-24,27-50H2,1-3H3/b26-25-. The summed E-state index contributed by atoms with van der Waals surface area (Å²) in [6, 6.07) is 0. The van der Waals surface area contributed by atoms with Crippen molar-refractivity contribution in [2.24, 2.45) is 0 Å². The second-order valence-corrected chi connectivity index (χ2v) is 18.2. The largest absolute Gasteiger partial charge is 0.462 e. The van der Waals surface area contributed by atoms with Gasteiger partial charge in [-0.3, -0.25) is 14.4 Å². The highest BCUT2D eigenvalue weighted by atomic mass is 16.6. The van der Waals surface area contributed by atoms with Gasteiger partial charge in [0.25, 0.3) is 0 Å². The fourth-order valence-electron chi connectivity index (χ4n) is 7.97. The zero-order valence-corrected chi connectivity index (χ0v) is 40.5. The van der Waals surface area contributed by atoms with Gasteiger partial charge in [-0.15, -0.1) is 0 Å². The van der Waals surface area contributed by atoms with Crippen LogP contribution in [0, 0.1) is 0 Å². The molecule has 0 radical (unpaired) electrons. The maximum atomic E-state index is 12.7. The maximum absolute atomic E-state index is 12.7. The van der Waals surface area contributed by atoms with E-state index in [-0.39, 0.29) is 31.1 Å². The molecule has 60 heavy (non-hydrogen) atoms. The third-order valence-electron chi connectivity index (χ3n) is 12.0. The van der Waals surface area contributed by atoms with E-state index >= 15 is 0 Å². The summed E-state index contributed by atoms with van der Waals surface area (Å²) < 4.78 is 16.7. The summed E-state index contributed by atoms with van der Waals surface area (Å²) in [4.78, 5) is 37.7. The lowest BCUT2D eigenvalue weighted by Gasteiger charge is -2.18. The molecule has 0 saturated heterocycles. The van der Waals surface area contributed by atoms with E-state index in [2.05, 4.69) is 32.9 Å². The Morgan fingerprint density at radius 1 is 0.317 bits per heavy atom. The quantitative estimate of drug-likeness (QED) is 0.0263. The van der Waals surface area contributed by atoms with Gasteiger partial charge in [-0.25, -0.2) is 0 Å². The van der Waals surface area contributed by atoms with Crippen molar-refractivity contribution >= 4 is 17.9 Å². The Labute approximate surface area is 373 Å². The minimum atomic E-state index is -0.762. The third kappa shape index (κ3) is 47.2. The van der Waals surface area contributed by atoms with E-state index in [4.69, 9.17) is 14.2 Å². The van der Waals surface area contributed by atoms with Gasteiger partial charge in [0.15, 0.2) is 6.10 Å². The number of carbonyl (C=O) groups excluding carboxylic acids is 3. The molecule has 0 aromatic carbocycles. The van der Waals surface area contributed by atoms with Crippen LogP contribution in [0.25, 0.3) is 0 Å². The fraction of sp³-hybridized carbons (Fsp3) is 0.907. The fourth-order valence-corrected chi connectivity index (χ4v) is 7.97. The summed E-state index contributed by atoms with van der Waals surface area (Å²) >= 11 is 0. The Kier molecular flexibility index (Phi) is 48.3. The Hall–Kier alpha value is -1.85. The Morgan fingerprint density at radius 3 is 0.833 bits per heavy atom. The lowest BCUT2D eigenvalue weighted by atomic mass is 10.0. The van der Waals surface area contributed by atoms with Crippen molar-refractivity contribution in [2.75, 3.05) is 13.2 Å². The van der Waals surface area contributed by atoms with Gasteiger partial charge in [-0.05, 0) is 44.9 Å². The van der Waals surface area contributed by atoms with Crippen LogP contribution in [0.15, 0.2) is 12.2 Å².